The molecular formula is C16H18Br2O3. The van der Waals surface area contributed by atoms with Crippen LogP contribution in [0, 0.1) is 6.92 Å². The van der Waals surface area contributed by atoms with Crippen molar-refractivity contribution in [1.29, 1.82) is 0 Å². The van der Waals surface area contributed by atoms with E-state index in [0.29, 0.717) is 13.2 Å². The van der Waals surface area contributed by atoms with Crippen molar-refractivity contribution >= 4 is 31.9 Å². The van der Waals surface area contributed by atoms with E-state index >= 15 is 0 Å². The zero-order valence-electron chi connectivity index (χ0n) is 12.3. The van der Waals surface area contributed by atoms with Gasteiger partial charge in [0.15, 0.2) is 11.5 Å². The van der Waals surface area contributed by atoms with Crippen LogP contribution in [0.4, 0.5) is 0 Å². The molecule has 0 aliphatic heterocycles. The first-order valence-electron chi connectivity index (χ1n) is 6.84. The van der Waals surface area contributed by atoms with Gasteiger partial charge in [-0.2, -0.15) is 0 Å². The van der Waals surface area contributed by atoms with Gasteiger partial charge in [0.25, 0.3) is 0 Å². The van der Waals surface area contributed by atoms with E-state index < -0.39 is 0 Å². The minimum atomic E-state index is 0.0270. The molecule has 1 aromatic heterocycles. The highest BCUT2D eigenvalue weighted by atomic mass is 79.9. The highest BCUT2D eigenvalue weighted by Gasteiger charge is 2.19. The molecule has 3 nitrogen and oxygen atoms in total. The maximum absolute atomic E-state index is 5.69. The Bertz CT molecular complexity index is 608. The number of furan rings is 1. The summed E-state index contributed by atoms with van der Waals surface area (Å²) >= 11 is 7.33. The molecular weight excluding hydrogens is 400 g/mol. The molecule has 21 heavy (non-hydrogen) atoms. The van der Waals surface area contributed by atoms with Crippen LogP contribution in [-0.4, -0.2) is 13.2 Å². The van der Waals surface area contributed by atoms with Gasteiger partial charge in [0.1, 0.15) is 5.76 Å². The van der Waals surface area contributed by atoms with Gasteiger partial charge in [-0.3, -0.25) is 0 Å². The molecule has 0 aliphatic carbocycles. The number of aryl methyl sites for hydroxylation is 1. The van der Waals surface area contributed by atoms with E-state index in [1.165, 1.54) is 0 Å². The second-order valence-corrected chi connectivity index (χ2v) is 6.31. The first-order chi connectivity index (χ1) is 10.1. The standard InChI is InChI=1S/C16H18Br2O3/c1-4-19-14-7-12(13(17)8-15(14)20-5-2)16(18)11-6-10(3)21-9-11/h6-9,16H,4-5H2,1-3H3. The normalized spacial score (nSPS) is 12.2. The lowest BCUT2D eigenvalue weighted by molar-refractivity contribution is 0.287. The monoisotopic (exact) mass is 416 g/mol. The third-order valence-corrected chi connectivity index (χ3v) is 4.69. The summed E-state index contributed by atoms with van der Waals surface area (Å²) in [4.78, 5) is 0.0270. The predicted octanol–water partition coefficient (Wildman–Crippen LogP) is 5.63. The van der Waals surface area contributed by atoms with Crippen LogP contribution in [0.1, 0.15) is 35.6 Å². The summed E-state index contributed by atoms with van der Waals surface area (Å²) < 4.78 is 17.7. The van der Waals surface area contributed by atoms with Gasteiger partial charge >= 0.3 is 0 Å². The largest absolute Gasteiger partial charge is 0.490 e. The second kappa shape index (κ2) is 7.36. The van der Waals surface area contributed by atoms with Crippen LogP contribution >= 0.6 is 31.9 Å². The van der Waals surface area contributed by atoms with E-state index in [-0.39, 0.29) is 4.83 Å². The molecule has 0 aliphatic rings. The van der Waals surface area contributed by atoms with Crippen molar-refractivity contribution < 1.29 is 13.9 Å². The molecule has 2 rings (SSSR count). The van der Waals surface area contributed by atoms with Crippen LogP contribution < -0.4 is 9.47 Å². The maximum atomic E-state index is 5.69. The fraction of sp³-hybridized carbons (Fsp3) is 0.375. The van der Waals surface area contributed by atoms with Crippen LogP contribution in [0.5, 0.6) is 11.5 Å². The number of alkyl halides is 1. The Morgan fingerprint density at radius 2 is 1.71 bits per heavy atom. The molecule has 0 spiro atoms. The SMILES string of the molecule is CCOc1cc(Br)c(C(Br)c2coc(C)c2)cc1OCC. The van der Waals surface area contributed by atoms with Gasteiger partial charge in [0.05, 0.1) is 24.3 Å². The van der Waals surface area contributed by atoms with Gasteiger partial charge in [-0.05, 0) is 44.5 Å². The summed E-state index contributed by atoms with van der Waals surface area (Å²) in [5, 5.41) is 0. The first-order valence-corrected chi connectivity index (χ1v) is 8.55. The van der Waals surface area contributed by atoms with E-state index in [4.69, 9.17) is 13.9 Å². The molecule has 0 N–H and O–H groups in total. The Morgan fingerprint density at radius 3 is 2.24 bits per heavy atom. The van der Waals surface area contributed by atoms with Crippen molar-refractivity contribution in [3.63, 3.8) is 0 Å². The molecule has 114 valence electrons. The first kappa shape index (κ1) is 16.4. The van der Waals surface area contributed by atoms with Gasteiger partial charge in [0, 0.05) is 10.0 Å². The molecule has 0 saturated heterocycles. The van der Waals surface area contributed by atoms with Gasteiger partial charge in [-0.15, -0.1) is 0 Å². The van der Waals surface area contributed by atoms with Crippen LogP contribution in [0.3, 0.4) is 0 Å². The third kappa shape index (κ3) is 3.83. The molecule has 1 heterocycles. The number of hydrogen-bond acceptors (Lipinski definition) is 3. The van der Waals surface area contributed by atoms with Gasteiger partial charge in [0.2, 0.25) is 0 Å². The zero-order chi connectivity index (χ0) is 15.4. The van der Waals surface area contributed by atoms with Crippen molar-refractivity contribution in [3.05, 3.63) is 45.8 Å². The van der Waals surface area contributed by atoms with E-state index in [0.717, 1.165) is 32.9 Å². The van der Waals surface area contributed by atoms with E-state index in [9.17, 15) is 0 Å². The predicted molar refractivity (Wildman–Crippen MR) is 90.7 cm³/mol. The molecule has 1 atom stereocenters. The van der Waals surface area contributed by atoms with Gasteiger partial charge < -0.3 is 13.9 Å². The summed E-state index contributed by atoms with van der Waals surface area (Å²) in [5.74, 6) is 2.39. The van der Waals surface area contributed by atoms with Gasteiger partial charge in [-0.1, -0.05) is 31.9 Å². The summed E-state index contributed by atoms with van der Waals surface area (Å²) in [6.07, 6.45) is 1.76. The van der Waals surface area contributed by atoms with Crippen molar-refractivity contribution in [2.24, 2.45) is 0 Å². The average Bonchev–Trinajstić information content (AvgIpc) is 2.88. The van der Waals surface area contributed by atoms with E-state index in [1.54, 1.807) is 6.26 Å². The Kier molecular flexibility index (Phi) is 5.76. The second-order valence-electron chi connectivity index (χ2n) is 4.54. The molecule has 5 heteroatoms. The lowest BCUT2D eigenvalue weighted by atomic mass is 10.1. The Balaban J connectivity index is 2.40. The molecule has 0 bridgehead atoms. The average molecular weight is 418 g/mol. The summed E-state index contributed by atoms with van der Waals surface area (Å²) in [6, 6.07) is 5.97. The van der Waals surface area contributed by atoms with Crippen LogP contribution in [-0.2, 0) is 0 Å². The molecule has 1 unspecified atom stereocenters. The maximum Gasteiger partial charge on any atom is 0.162 e. The minimum Gasteiger partial charge on any atom is -0.490 e. The van der Waals surface area contributed by atoms with Crippen LogP contribution in [0.2, 0.25) is 0 Å². The lowest BCUT2D eigenvalue weighted by Crippen LogP contribution is -2.01. The Labute approximate surface area is 141 Å². The fourth-order valence-electron chi connectivity index (χ4n) is 2.06. The molecule has 0 saturated carbocycles. The third-order valence-electron chi connectivity index (χ3n) is 2.98. The quantitative estimate of drug-likeness (QED) is 0.570. The zero-order valence-corrected chi connectivity index (χ0v) is 15.5. The molecule has 2 aromatic rings. The van der Waals surface area contributed by atoms with Crippen LogP contribution in [0.25, 0.3) is 0 Å². The van der Waals surface area contributed by atoms with Crippen molar-refractivity contribution in [1.82, 2.24) is 0 Å². The number of halogens is 2. The van der Waals surface area contributed by atoms with E-state index in [2.05, 4.69) is 31.9 Å². The summed E-state index contributed by atoms with van der Waals surface area (Å²) in [6.45, 7) is 7.05. The molecule has 1 aromatic carbocycles. The van der Waals surface area contributed by atoms with Crippen molar-refractivity contribution in [3.8, 4) is 11.5 Å². The van der Waals surface area contributed by atoms with E-state index in [1.807, 2.05) is 39.0 Å². The fourth-order valence-corrected chi connectivity index (χ4v) is 3.54. The van der Waals surface area contributed by atoms with Crippen molar-refractivity contribution in [2.45, 2.75) is 25.6 Å². The molecule has 0 amide bonds. The van der Waals surface area contributed by atoms with Crippen molar-refractivity contribution in [2.75, 3.05) is 13.2 Å². The summed E-state index contributed by atoms with van der Waals surface area (Å²) in [5.41, 5.74) is 2.14. The number of benzene rings is 1. The van der Waals surface area contributed by atoms with Gasteiger partial charge in [-0.25, -0.2) is 0 Å². The highest BCUT2D eigenvalue weighted by molar-refractivity contribution is 9.11. The van der Waals surface area contributed by atoms with Crippen LogP contribution in [0.15, 0.2) is 33.4 Å². The number of ether oxygens (including phenoxy) is 2. The minimum absolute atomic E-state index is 0.0270. The topological polar surface area (TPSA) is 31.6 Å². The summed E-state index contributed by atoms with van der Waals surface area (Å²) in [7, 11) is 0. The smallest absolute Gasteiger partial charge is 0.162 e. The number of hydrogen-bond donors (Lipinski definition) is 0. The highest BCUT2D eigenvalue weighted by Crippen LogP contribution is 2.42. The Hall–Kier alpha value is -0.940. The Morgan fingerprint density at radius 1 is 1.10 bits per heavy atom. The number of rotatable bonds is 6. The molecule has 0 fully saturated rings. The molecule has 0 radical (unpaired) electrons. The lowest BCUT2D eigenvalue weighted by Gasteiger charge is -2.16.